The van der Waals surface area contributed by atoms with Crippen molar-refractivity contribution in [3.63, 3.8) is 0 Å². The van der Waals surface area contributed by atoms with E-state index in [-0.39, 0.29) is 17.6 Å². The second-order valence-electron chi connectivity index (χ2n) is 7.33. The Morgan fingerprint density at radius 1 is 1.20 bits per heavy atom. The van der Waals surface area contributed by atoms with Gasteiger partial charge in [0.2, 0.25) is 0 Å². The van der Waals surface area contributed by atoms with Crippen LogP contribution in [-0.2, 0) is 0 Å². The molecule has 1 unspecified atom stereocenters. The molecule has 0 radical (unpaired) electrons. The molecule has 130 valence electrons. The summed E-state index contributed by atoms with van der Waals surface area (Å²) in [6, 6.07) is 13.5. The van der Waals surface area contributed by atoms with E-state index in [0.29, 0.717) is 11.3 Å². The summed E-state index contributed by atoms with van der Waals surface area (Å²) in [6.07, 6.45) is 5.33. The average molecular weight is 336 g/mol. The monoisotopic (exact) mass is 336 g/mol. The lowest BCUT2D eigenvalue weighted by Crippen LogP contribution is -2.43. The Morgan fingerprint density at radius 2 is 1.96 bits per heavy atom. The number of nitrogens with one attached hydrogen (secondary N) is 1. The Kier molecular flexibility index (Phi) is 3.91. The Morgan fingerprint density at radius 3 is 2.76 bits per heavy atom. The van der Waals surface area contributed by atoms with Gasteiger partial charge in [-0.15, -0.1) is 0 Å². The number of amides is 1. The summed E-state index contributed by atoms with van der Waals surface area (Å²) in [5.41, 5.74) is 8.99. The zero-order valence-electron chi connectivity index (χ0n) is 14.5. The van der Waals surface area contributed by atoms with E-state index >= 15 is 0 Å². The van der Waals surface area contributed by atoms with Crippen LogP contribution in [0, 0.1) is 6.92 Å². The molecule has 2 aromatic carbocycles. The second kappa shape index (κ2) is 6.10. The Balaban J connectivity index is 1.64. The predicted octanol–water partition coefficient (Wildman–Crippen LogP) is 4.14. The molecule has 4 nitrogen and oxygen atoms in total. The second-order valence-corrected chi connectivity index (χ2v) is 7.33. The highest BCUT2D eigenvalue weighted by Gasteiger charge is 2.43. The van der Waals surface area contributed by atoms with Gasteiger partial charge in [-0.25, -0.2) is 0 Å². The largest absolute Gasteiger partial charge is 0.487 e. The van der Waals surface area contributed by atoms with Gasteiger partial charge in [0.05, 0.1) is 6.04 Å². The first kappa shape index (κ1) is 16.0. The number of fused-ring (bicyclic) bond motifs is 1. The van der Waals surface area contributed by atoms with Crippen molar-refractivity contribution in [1.82, 2.24) is 5.32 Å². The van der Waals surface area contributed by atoms with Gasteiger partial charge < -0.3 is 15.8 Å². The Hall–Kier alpha value is -2.49. The number of ether oxygens (including phenoxy) is 1. The van der Waals surface area contributed by atoms with Crippen molar-refractivity contribution in [2.24, 2.45) is 0 Å². The van der Waals surface area contributed by atoms with E-state index in [0.717, 1.165) is 36.1 Å². The molecule has 1 aliphatic heterocycles. The number of benzene rings is 2. The van der Waals surface area contributed by atoms with Gasteiger partial charge in [-0.1, -0.05) is 24.3 Å². The van der Waals surface area contributed by atoms with Gasteiger partial charge in [-0.05, 0) is 56.4 Å². The Labute approximate surface area is 148 Å². The Bertz CT molecular complexity index is 809. The number of carbonyl (C=O) groups excluding carboxylic acids is 1. The van der Waals surface area contributed by atoms with Gasteiger partial charge in [-0.2, -0.15) is 0 Å². The SMILES string of the molecule is Cc1ccc(N)cc1C(=O)NC1CC2(CCCC2)Oc2ccccc21. The van der Waals surface area contributed by atoms with E-state index in [1.54, 1.807) is 6.07 Å². The lowest BCUT2D eigenvalue weighted by molar-refractivity contribution is 0.0360. The van der Waals surface area contributed by atoms with Gasteiger partial charge >= 0.3 is 0 Å². The number of anilines is 1. The fourth-order valence-electron chi connectivity index (χ4n) is 4.19. The first-order valence-electron chi connectivity index (χ1n) is 9.01. The van der Waals surface area contributed by atoms with Crippen molar-refractivity contribution in [3.05, 3.63) is 59.2 Å². The number of nitrogens with two attached hydrogens (primary N) is 1. The van der Waals surface area contributed by atoms with Crippen LogP contribution in [0.1, 0.15) is 59.6 Å². The number of rotatable bonds is 2. The maximum atomic E-state index is 12.9. The highest BCUT2D eigenvalue weighted by molar-refractivity contribution is 5.96. The van der Waals surface area contributed by atoms with Crippen molar-refractivity contribution in [3.8, 4) is 5.75 Å². The highest BCUT2D eigenvalue weighted by atomic mass is 16.5. The van der Waals surface area contributed by atoms with E-state index in [1.807, 2.05) is 43.3 Å². The molecular formula is C21H24N2O2. The normalized spacial score (nSPS) is 20.8. The summed E-state index contributed by atoms with van der Waals surface area (Å²) < 4.78 is 6.37. The van der Waals surface area contributed by atoms with E-state index in [2.05, 4.69) is 5.32 Å². The lowest BCUT2D eigenvalue weighted by Gasteiger charge is -2.40. The van der Waals surface area contributed by atoms with Crippen LogP contribution in [0.3, 0.4) is 0 Å². The molecule has 1 aliphatic carbocycles. The standard InChI is InChI=1S/C21H24N2O2/c1-14-8-9-15(22)12-17(14)20(24)23-18-13-21(10-4-5-11-21)25-19-7-3-2-6-16(18)19/h2-3,6-9,12,18H,4-5,10-11,13,22H2,1H3,(H,23,24). The van der Waals surface area contributed by atoms with Gasteiger partial charge in [0.25, 0.3) is 5.91 Å². The first-order valence-corrected chi connectivity index (χ1v) is 9.01. The molecule has 4 heteroatoms. The van der Waals surface area contributed by atoms with Crippen LogP contribution in [0.15, 0.2) is 42.5 Å². The molecule has 1 spiro atoms. The minimum atomic E-state index is -0.128. The maximum absolute atomic E-state index is 12.9. The van der Waals surface area contributed by atoms with Gasteiger partial charge in [0.1, 0.15) is 11.4 Å². The molecule has 0 saturated heterocycles. The fourth-order valence-corrected chi connectivity index (χ4v) is 4.19. The summed E-state index contributed by atoms with van der Waals surface area (Å²) >= 11 is 0. The number of carbonyl (C=O) groups is 1. The third-order valence-corrected chi connectivity index (χ3v) is 5.52. The topological polar surface area (TPSA) is 64.4 Å². The van der Waals surface area contributed by atoms with Gasteiger partial charge in [-0.3, -0.25) is 4.79 Å². The van der Waals surface area contributed by atoms with Crippen LogP contribution in [0.2, 0.25) is 0 Å². The number of para-hydroxylation sites is 1. The maximum Gasteiger partial charge on any atom is 0.252 e. The van der Waals surface area contributed by atoms with Crippen molar-refractivity contribution in [2.75, 3.05) is 5.73 Å². The fraction of sp³-hybridized carbons (Fsp3) is 0.381. The number of hydrogen-bond acceptors (Lipinski definition) is 3. The van der Waals surface area contributed by atoms with Crippen LogP contribution < -0.4 is 15.8 Å². The van der Waals surface area contributed by atoms with Gasteiger partial charge in [0.15, 0.2) is 0 Å². The molecular weight excluding hydrogens is 312 g/mol. The third-order valence-electron chi connectivity index (χ3n) is 5.52. The van der Waals surface area contributed by atoms with Crippen molar-refractivity contribution < 1.29 is 9.53 Å². The molecule has 0 bridgehead atoms. The van der Waals surface area contributed by atoms with Crippen molar-refractivity contribution >= 4 is 11.6 Å². The van der Waals surface area contributed by atoms with Gasteiger partial charge in [0, 0.05) is 23.2 Å². The molecule has 2 aromatic rings. The molecule has 1 amide bonds. The van der Waals surface area contributed by atoms with Crippen LogP contribution in [0.4, 0.5) is 5.69 Å². The first-order chi connectivity index (χ1) is 12.1. The summed E-state index contributed by atoms with van der Waals surface area (Å²) in [6.45, 7) is 1.94. The zero-order valence-corrected chi connectivity index (χ0v) is 14.5. The average Bonchev–Trinajstić information content (AvgIpc) is 3.04. The van der Waals surface area contributed by atoms with E-state index in [9.17, 15) is 4.79 Å². The van der Waals surface area contributed by atoms with E-state index in [1.165, 1.54) is 12.8 Å². The van der Waals surface area contributed by atoms with Crippen LogP contribution in [0.5, 0.6) is 5.75 Å². The lowest BCUT2D eigenvalue weighted by atomic mass is 9.85. The highest BCUT2D eigenvalue weighted by Crippen LogP contribution is 2.47. The number of aryl methyl sites for hydroxylation is 1. The number of nitrogen functional groups attached to an aromatic ring is 1. The molecule has 1 heterocycles. The molecule has 4 rings (SSSR count). The van der Waals surface area contributed by atoms with E-state index in [4.69, 9.17) is 10.5 Å². The van der Waals surface area contributed by atoms with E-state index < -0.39 is 0 Å². The molecule has 1 atom stereocenters. The summed E-state index contributed by atoms with van der Waals surface area (Å²) in [5.74, 6) is 0.838. The smallest absolute Gasteiger partial charge is 0.252 e. The van der Waals surface area contributed by atoms with Crippen LogP contribution in [-0.4, -0.2) is 11.5 Å². The van der Waals surface area contributed by atoms with Crippen LogP contribution >= 0.6 is 0 Å². The molecule has 25 heavy (non-hydrogen) atoms. The minimum absolute atomic E-state index is 0.0311. The number of hydrogen-bond donors (Lipinski definition) is 2. The van der Waals surface area contributed by atoms with Crippen molar-refractivity contribution in [1.29, 1.82) is 0 Å². The zero-order chi connectivity index (χ0) is 17.4. The predicted molar refractivity (Wildman–Crippen MR) is 98.7 cm³/mol. The van der Waals surface area contributed by atoms with Crippen molar-refractivity contribution in [2.45, 2.75) is 50.7 Å². The van der Waals surface area contributed by atoms with Crippen LogP contribution in [0.25, 0.3) is 0 Å². The summed E-state index contributed by atoms with van der Waals surface area (Å²) in [4.78, 5) is 12.9. The quantitative estimate of drug-likeness (QED) is 0.810. The molecule has 3 N–H and O–H groups in total. The molecule has 2 aliphatic rings. The summed E-state index contributed by atoms with van der Waals surface area (Å²) in [5, 5.41) is 3.24. The minimum Gasteiger partial charge on any atom is -0.487 e. The summed E-state index contributed by atoms with van der Waals surface area (Å²) in [7, 11) is 0. The third kappa shape index (κ3) is 2.97. The molecule has 1 saturated carbocycles. The molecule has 1 fully saturated rings. The molecule has 0 aromatic heterocycles.